The van der Waals surface area contributed by atoms with Gasteiger partial charge in [0.15, 0.2) is 5.13 Å². The molecule has 1 amide bonds. The van der Waals surface area contributed by atoms with E-state index in [1.807, 2.05) is 12.1 Å². The minimum Gasteiger partial charge on any atom is -0.378 e. The van der Waals surface area contributed by atoms with Crippen LogP contribution in [-0.4, -0.2) is 42.2 Å². The van der Waals surface area contributed by atoms with Crippen molar-refractivity contribution in [3.8, 4) is 0 Å². The molecule has 1 saturated heterocycles. The predicted octanol–water partition coefficient (Wildman–Crippen LogP) is 4.52. The van der Waals surface area contributed by atoms with Crippen LogP contribution in [-0.2, 0) is 11.2 Å². The number of morpholine rings is 1. The Bertz CT molecular complexity index is 1020. The van der Waals surface area contributed by atoms with Crippen molar-refractivity contribution in [1.29, 1.82) is 0 Å². The summed E-state index contributed by atoms with van der Waals surface area (Å²) in [5, 5.41) is 4.47. The molecular formula is C20H18Cl2N4O2S. The van der Waals surface area contributed by atoms with Gasteiger partial charge in [-0.2, -0.15) is 0 Å². The van der Waals surface area contributed by atoms with Gasteiger partial charge in [0.05, 0.1) is 28.8 Å². The molecule has 0 spiro atoms. The molecule has 0 unspecified atom stereocenters. The van der Waals surface area contributed by atoms with Gasteiger partial charge in [-0.1, -0.05) is 35.3 Å². The summed E-state index contributed by atoms with van der Waals surface area (Å²) in [6, 6.07) is 9.08. The van der Waals surface area contributed by atoms with Gasteiger partial charge in [0.25, 0.3) is 5.91 Å². The van der Waals surface area contributed by atoms with Gasteiger partial charge >= 0.3 is 0 Å². The zero-order valence-electron chi connectivity index (χ0n) is 15.4. The lowest BCUT2D eigenvalue weighted by Crippen LogP contribution is -2.38. The van der Waals surface area contributed by atoms with Crippen molar-refractivity contribution >= 4 is 51.4 Å². The fourth-order valence-corrected chi connectivity index (χ4v) is 4.30. The summed E-state index contributed by atoms with van der Waals surface area (Å²) < 4.78 is 5.39. The van der Waals surface area contributed by atoms with Crippen LogP contribution in [0.15, 0.2) is 42.7 Å². The van der Waals surface area contributed by atoms with Gasteiger partial charge in [-0.3, -0.25) is 10.1 Å². The van der Waals surface area contributed by atoms with E-state index in [1.54, 1.807) is 30.6 Å². The molecule has 2 aromatic heterocycles. The van der Waals surface area contributed by atoms with Crippen molar-refractivity contribution in [3.05, 3.63) is 68.8 Å². The molecule has 1 fully saturated rings. The Balaban J connectivity index is 1.48. The average Bonchev–Trinajstić information content (AvgIpc) is 3.19. The van der Waals surface area contributed by atoms with Crippen LogP contribution in [0.3, 0.4) is 0 Å². The first kappa shape index (κ1) is 20.1. The van der Waals surface area contributed by atoms with Crippen molar-refractivity contribution in [2.45, 2.75) is 6.42 Å². The first-order valence-electron chi connectivity index (χ1n) is 9.08. The maximum Gasteiger partial charge on any atom is 0.261 e. The predicted molar refractivity (Wildman–Crippen MR) is 117 cm³/mol. The number of thiazole rings is 1. The number of pyridine rings is 1. The summed E-state index contributed by atoms with van der Waals surface area (Å²) in [6.07, 6.45) is 4.03. The number of nitrogens with zero attached hydrogens (tertiary/aromatic N) is 3. The molecule has 1 aromatic carbocycles. The van der Waals surface area contributed by atoms with Gasteiger partial charge in [-0.25, -0.2) is 9.97 Å². The Hall–Kier alpha value is -2.19. The van der Waals surface area contributed by atoms with Crippen LogP contribution >= 0.6 is 34.5 Å². The quantitative estimate of drug-likeness (QED) is 0.620. The third-order valence-electron chi connectivity index (χ3n) is 4.51. The molecule has 1 N–H and O–H groups in total. The van der Waals surface area contributed by atoms with Gasteiger partial charge < -0.3 is 9.64 Å². The SMILES string of the molecule is O=C(Nc1ncc(Cc2cccc(Cl)c2Cl)s1)c1cccnc1N1CCOCC1. The van der Waals surface area contributed by atoms with Crippen molar-refractivity contribution in [3.63, 3.8) is 0 Å². The minimum absolute atomic E-state index is 0.235. The van der Waals surface area contributed by atoms with Gasteiger partial charge in [-0.05, 0) is 23.8 Å². The molecular weight excluding hydrogens is 431 g/mol. The molecule has 0 atom stereocenters. The second-order valence-corrected chi connectivity index (χ2v) is 8.35. The molecule has 4 rings (SSSR count). The molecule has 0 radical (unpaired) electrons. The lowest BCUT2D eigenvalue weighted by Gasteiger charge is -2.29. The summed E-state index contributed by atoms with van der Waals surface area (Å²) in [5.74, 6) is 0.428. The highest BCUT2D eigenvalue weighted by molar-refractivity contribution is 7.15. The van der Waals surface area contributed by atoms with E-state index in [0.717, 1.165) is 10.4 Å². The van der Waals surface area contributed by atoms with E-state index >= 15 is 0 Å². The van der Waals surface area contributed by atoms with Crippen LogP contribution in [0, 0.1) is 0 Å². The van der Waals surface area contributed by atoms with E-state index in [1.165, 1.54) is 11.3 Å². The number of carbonyl (C=O) groups is 1. The zero-order chi connectivity index (χ0) is 20.2. The lowest BCUT2D eigenvalue weighted by atomic mass is 10.1. The molecule has 9 heteroatoms. The molecule has 3 heterocycles. The molecule has 150 valence electrons. The Kier molecular flexibility index (Phi) is 6.30. The number of carbonyl (C=O) groups excluding carboxylic acids is 1. The largest absolute Gasteiger partial charge is 0.378 e. The number of hydrogen-bond donors (Lipinski definition) is 1. The van der Waals surface area contributed by atoms with Gasteiger partial charge in [0, 0.05) is 36.8 Å². The van der Waals surface area contributed by atoms with Crippen molar-refractivity contribution in [1.82, 2.24) is 9.97 Å². The Morgan fingerprint density at radius 1 is 1.17 bits per heavy atom. The van der Waals surface area contributed by atoms with Crippen LogP contribution in [0.25, 0.3) is 0 Å². The number of benzene rings is 1. The van der Waals surface area contributed by atoms with Crippen LogP contribution in [0.1, 0.15) is 20.8 Å². The molecule has 6 nitrogen and oxygen atoms in total. The highest BCUT2D eigenvalue weighted by atomic mass is 35.5. The third kappa shape index (κ3) is 4.70. The summed E-state index contributed by atoms with van der Waals surface area (Å²) in [6.45, 7) is 2.66. The van der Waals surface area contributed by atoms with Gasteiger partial charge in [0.1, 0.15) is 5.82 Å². The smallest absolute Gasteiger partial charge is 0.261 e. The first-order valence-corrected chi connectivity index (χ1v) is 10.7. The van der Waals surface area contributed by atoms with Crippen LogP contribution < -0.4 is 10.2 Å². The average molecular weight is 449 g/mol. The van der Waals surface area contributed by atoms with E-state index < -0.39 is 0 Å². The number of rotatable bonds is 5. The van der Waals surface area contributed by atoms with Gasteiger partial charge in [0.2, 0.25) is 0 Å². The monoisotopic (exact) mass is 448 g/mol. The van der Waals surface area contributed by atoms with Crippen molar-refractivity contribution < 1.29 is 9.53 Å². The first-order chi connectivity index (χ1) is 14.1. The normalized spacial score (nSPS) is 14.1. The molecule has 3 aromatic rings. The molecule has 0 aliphatic carbocycles. The summed E-state index contributed by atoms with van der Waals surface area (Å²) in [4.78, 5) is 24.6. The Morgan fingerprint density at radius 3 is 2.83 bits per heavy atom. The highest BCUT2D eigenvalue weighted by Crippen LogP contribution is 2.30. The lowest BCUT2D eigenvalue weighted by molar-refractivity contribution is 0.102. The number of hydrogen-bond acceptors (Lipinski definition) is 6. The Labute approximate surface area is 182 Å². The summed E-state index contributed by atoms with van der Waals surface area (Å²) in [7, 11) is 0. The number of nitrogens with one attached hydrogen (secondary N) is 1. The van der Waals surface area contributed by atoms with Crippen LogP contribution in [0.2, 0.25) is 10.0 Å². The topological polar surface area (TPSA) is 67.4 Å². The second-order valence-electron chi connectivity index (χ2n) is 6.45. The molecule has 29 heavy (non-hydrogen) atoms. The fraction of sp³-hybridized carbons (Fsp3) is 0.250. The van der Waals surface area contributed by atoms with E-state index in [2.05, 4.69) is 20.2 Å². The standard InChI is InChI=1S/C20H18Cl2N4O2S/c21-16-5-1-3-13(17(16)22)11-14-12-24-20(29-14)25-19(27)15-4-2-6-23-18(15)26-7-9-28-10-8-26/h1-6,12H,7-11H2,(H,24,25,27). The van der Waals surface area contributed by atoms with E-state index in [4.69, 9.17) is 27.9 Å². The van der Waals surface area contributed by atoms with Crippen LogP contribution in [0.5, 0.6) is 0 Å². The number of anilines is 2. The number of aromatic nitrogens is 2. The third-order valence-corrected chi connectivity index (χ3v) is 6.28. The molecule has 0 bridgehead atoms. The number of halogens is 2. The van der Waals surface area contributed by atoms with Crippen molar-refractivity contribution in [2.75, 3.05) is 36.5 Å². The minimum atomic E-state index is -0.235. The molecule has 0 saturated carbocycles. The van der Waals surface area contributed by atoms with E-state index in [-0.39, 0.29) is 5.91 Å². The second kappa shape index (κ2) is 9.09. The number of ether oxygens (including phenoxy) is 1. The fourth-order valence-electron chi connectivity index (χ4n) is 3.09. The zero-order valence-corrected chi connectivity index (χ0v) is 17.7. The summed E-state index contributed by atoms with van der Waals surface area (Å²) >= 11 is 13.8. The molecule has 1 aliphatic rings. The summed E-state index contributed by atoms with van der Waals surface area (Å²) in [5.41, 5.74) is 1.44. The Morgan fingerprint density at radius 2 is 2.00 bits per heavy atom. The van der Waals surface area contributed by atoms with Gasteiger partial charge in [-0.15, -0.1) is 11.3 Å². The number of amides is 1. The van der Waals surface area contributed by atoms with E-state index in [9.17, 15) is 4.79 Å². The maximum absolute atomic E-state index is 12.9. The van der Waals surface area contributed by atoms with E-state index in [0.29, 0.717) is 59.3 Å². The molecule has 1 aliphatic heterocycles. The van der Waals surface area contributed by atoms with Crippen LogP contribution in [0.4, 0.5) is 10.9 Å². The maximum atomic E-state index is 12.9. The highest BCUT2D eigenvalue weighted by Gasteiger charge is 2.20. The van der Waals surface area contributed by atoms with Crippen molar-refractivity contribution in [2.24, 2.45) is 0 Å².